The lowest BCUT2D eigenvalue weighted by atomic mass is 9.83. The highest BCUT2D eigenvalue weighted by Gasteiger charge is 2.59. The van der Waals surface area contributed by atoms with Gasteiger partial charge in [-0.2, -0.15) is 0 Å². The van der Waals surface area contributed by atoms with Crippen molar-refractivity contribution in [3.8, 4) is 0 Å². The van der Waals surface area contributed by atoms with Crippen LogP contribution in [0.25, 0.3) is 5.57 Å². The van der Waals surface area contributed by atoms with E-state index in [2.05, 4.69) is 0 Å². The second-order valence-corrected chi connectivity index (χ2v) is 14.2. The SMILES string of the molecule is COC(=O)C1=C(C=O)SC2(S1)C(C=O)=C(C(=O)OC)SC1=C2c2ccc(C)cc2N(C(=O)CN2C(=O)CCC2=O)C1(C)C. The summed E-state index contributed by atoms with van der Waals surface area (Å²) in [5.74, 6) is -2.99. The number of ether oxygens (including phenoxy) is 2. The molecule has 224 valence electrons. The minimum Gasteiger partial charge on any atom is -0.465 e. The molecule has 0 saturated carbocycles. The Balaban J connectivity index is 1.78. The number of aldehydes is 2. The Morgan fingerprint density at radius 1 is 0.953 bits per heavy atom. The summed E-state index contributed by atoms with van der Waals surface area (Å²) in [6.07, 6.45) is 1.09. The summed E-state index contributed by atoms with van der Waals surface area (Å²) >= 11 is 2.84. The molecule has 5 rings (SSSR count). The fourth-order valence-corrected chi connectivity index (χ4v) is 10.4. The molecular formula is C29H26N2O9S3. The zero-order valence-electron chi connectivity index (χ0n) is 23.8. The van der Waals surface area contributed by atoms with Gasteiger partial charge in [0.1, 0.15) is 26.7 Å². The molecule has 1 saturated heterocycles. The number of esters is 2. The number of hydrogen-bond donors (Lipinski definition) is 0. The van der Waals surface area contributed by atoms with Crippen molar-refractivity contribution in [3.63, 3.8) is 0 Å². The van der Waals surface area contributed by atoms with Gasteiger partial charge in [0.2, 0.25) is 17.7 Å². The zero-order chi connectivity index (χ0) is 31.4. The fourth-order valence-electron chi connectivity index (χ4n) is 5.58. The van der Waals surface area contributed by atoms with Gasteiger partial charge < -0.3 is 14.4 Å². The Bertz CT molecular complexity index is 1620. The normalized spacial score (nSPS) is 22.6. The highest BCUT2D eigenvalue weighted by atomic mass is 32.2. The maximum Gasteiger partial charge on any atom is 0.345 e. The lowest BCUT2D eigenvalue weighted by Crippen LogP contribution is -2.56. The molecule has 1 atom stereocenters. The summed E-state index contributed by atoms with van der Waals surface area (Å²) in [4.78, 5) is 92.8. The fraction of sp³-hybridized carbons (Fsp3) is 0.345. The van der Waals surface area contributed by atoms with E-state index in [0.29, 0.717) is 34.3 Å². The minimum atomic E-state index is -1.50. The average Bonchev–Trinajstić information content (AvgIpc) is 3.51. The maximum absolute atomic E-state index is 14.1. The Hall–Kier alpha value is -3.62. The molecule has 0 aromatic heterocycles. The minimum absolute atomic E-state index is 0.00767. The molecule has 1 fully saturated rings. The van der Waals surface area contributed by atoms with Gasteiger partial charge in [0.15, 0.2) is 6.29 Å². The number of allylic oxidation sites excluding steroid dienone is 1. The number of hydrogen-bond acceptors (Lipinski definition) is 12. The van der Waals surface area contributed by atoms with Crippen LogP contribution in [0.1, 0.15) is 37.8 Å². The van der Waals surface area contributed by atoms with Crippen molar-refractivity contribution in [2.24, 2.45) is 0 Å². The van der Waals surface area contributed by atoms with Crippen LogP contribution in [-0.2, 0) is 43.0 Å². The molecule has 0 radical (unpaired) electrons. The number of likely N-dealkylation sites (tertiary alicyclic amines) is 1. The third kappa shape index (κ3) is 4.66. The van der Waals surface area contributed by atoms with Crippen LogP contribution in [0.2, 0.25) is 0 Å². The lowest BCUT2D eigenvalue weighted by Gasteiger charge is -2.50. The molecule has 4 heterocycles. The number of nitrogens with zero attached hydrogens (tertiary/aromatic N) is 2. The average molecular weight is 643 g/mol. The van der Waals surface area contributed by atoms with E-state index < -0.39 is 45.8 Å². The van der Waals surface area contributed by atoms with Crippen molar-refractivity contribution >= 4 is 88.8 Å². The monoisotopic (exact) mass is 642 g/mol. The molecule has 0 N–H and O–H groups in total. The number of rotatable bonds is 6. The molecule has 4 aliphatic heterocycles. The van der Waals surface area contributed by atoms with Crippen LogP contribution < -0.4 is 4.90 Å². The number of amides is 3. The number of methoxy groups -OCH3 is 2. The van der Waals surface area contributed by atoms with Crippen molar-refractivity contribution in [2.45, 2.75) is 43.2 Å². The van der Waals surface area contributed by atoms with Gasteiger partial charge in [0.05, 0.1) is 30.4 Å². The first-order chi connectivity index (χ1) is 20.4. The maximum atomic E-state index is 14.1. The summed E-state index contributed by atoms with van der Waals surface area (Å²) in [5, 5.41) is 0. The summed E-state index contributed by atoms with van der Waals surface area (Å²) < 4.78 is 8.48. The third-order valence-corrected chi connectivity index (χ3v) is 12.2. The smallest absolute Gasteiger partial charge is 0.345 e. The van der Waals surface area contributed by atoms with Gasteiger partial charge in [-0.1, -0.05) is 47.4 Å². The van der Waals surface area contributed by atoms with Crippen LogP contribution in [0.5, 0.6) is 0 Å². The van der Waals surface area contributed by atoms with E-state index in [9.17, 15) is 33.6 Å². The van der Waals surface area contributed by atoms with E-state index in [1.54, 1.807) is 26.0 Å². The molecule has 0 aliphatic carbocycles. The summed E-state index contributed by atoms with van der Waals surface area (Å²) in [6.45, 7) is 4.87. The third-order valence-electron chi connectivity index (χ3n) is 7.53. The van der Waals surface area contributed by atoms with E-state index >= 15 is 0 Å². The number of carbonyl (C=O) groups excluding carboxylic acids is 7. The van der Waals surface area contributed by atoms with E-state index in [1.807, 2.05) is 13.0 Å². The Morgan fingerprint density at radius 2 is 1.58 bits per heavy atom. The topological polar surface area (TPSA) is 144 Å². The predicted octanol–water partition coefficient (Wildman–Crippen LogP) is 3.11. The number of anilines is 1. The summed E-state index contributed by atoms with van der Waals surface area (Å²) in [7, 11) is 2.34. The number of thioether (sulfide) groups is 3. The molecule has 1 aromatic rings. The van der Waals surface area contributed by atoms with Crippen molar-refractivity contribution in [2.75, 3.05) is 25.7 Å². The quantitative estimate of drug-likeness (QED) is 0.255. The highest BCUT2D eigenvalue weighted by Crippen LogP contribution is 2.70. The Labute approximate surface area is 259 Å². The van der Waals surface area contributed by atoms with Gasteiger partial charge in [0.25, 0.3) is 0 Å². The molecule has 3 amide bonds. The first-order valence-electron chi connectivity index (χ1n) is 13.0. The van der Waals surface area contributed by atoms with Gasteiger partial charge in [-0.25, -0.2) is 9.59 Å². The molecule has 1 unspecified atom stereocenters. The number of aryl methyl sites for hydroxylation is 1. The molecule has 1 aromatic carbocycles. The van der Waals surface area contributed by atoms with E-state index in [1.165, 1.54) is 19.1 Å². The first-order valence-corrected chi connectivity index (χ1v) is 15.5. The summed E-state index contributed by atoms with van der Waals surface area (Å²) in [5.41, 5.74) is 1.07. The van der Waals surface area contributed by atoms with Crippen LogP contribution in [0, 0.1) is 6.92 Å². The van der Waals surface area contributed by atoms with Crippen LogP contribution in [-0.4, -0.2) is 77.5 Å². The Morgan fingerprint density at radius 3 is 2.16 bits per heavy atom. The van der Waals surface area contributed by atoms with Crippen molar-refractivity contribution in [1.82, 2.24) is 4.90 Å². The molecule has 4 aliphatic rings. The highest BCUT2D eigenvalue weighted by molar-refractivity contribution is 8.26. The second-order valence-electron chi connectivity index (χ2n) is 10.5. The van der Waals surface area contributed by atoms with Gasteiger partial charge in [-0.3, -0.25) is 28.9 Å². The van der Waals surface area contributed by atoms with Crippen LogP contribution in [0.15, 0.2) is 43.4 Å². The predicted molar refractivity (Wildman–Crippen MR) is 161 cm³/mol. The standard InChI is InChI=1S/C29H26N2O9S3/c1-14-6-7-15-17(10-14)31(21(36)11-30-19(34)8-9-20(30)35)28(2,3)25-22(15)29(16(12-32)23(41-25)26(37)39-4)42-18(13-33)24(43-29)27(38)40-5/h6-7,10,12-13H,8-9,11H2,1-5H3. The van der Waals surface area contributed by atoms with E-state index in [-0.39, 0.29) is 33.1 Å². The van der Waals surface area contributed by atoms with Gasteiger partial charge in [-0.15, -0.1) is 0 Å². The lowest BCUT2D eigenvalue weighted by molar-refractivity contribution is -0.142. The first kappa shape index (κ1) is 30.8. The largest absolute Gasteiger partial charge is 0.465 e. The second kappa shape index (κ2) is 11.1. The number of fused-ring (bicyclic) bond motifs is 3. The molecule has 43 heavy (non-hydrogen) atoms. The van der Waals surface area contributed by atoms with E-state index in [0.717, 1.165) is 45.7 Å². The van der Waals surface area contributed by atoms with Crippen LogP contribution in [0.4, 0.5) is 5.69 Å². The number of benzene rings is 1. The van der Waals surface area contributed by atoms with E-state index in [4.69, 9.17) is 9.47 Å². The molecule has 14 heteroatoms. The molecule has 0 bridgehead atoms. The van der Waals surface area contributed by atoms with Crippen LogP contribution >= 0.6 is 35.3 Å². The van der Waals surface area contributed by atoms with Crippen molar-refractivity contribution in [3.05, 3.63) is 54.5 Å². The van der Waals surface area contributed by atoms with Crippen molar-refractivity contribution in [1.29, 1.82) is 0 Å². The van der Waals surface area contributed by atoms with Crippen LogP contribution in [0.3, 0.4) is 0 Å². The van der Waals surface area contributed by atoms with Gasteiger partial charge in [0, 0.05) is 34.5 Å². The van der Waals surface area contributed by atoms with Crippen molar-refractivity contribution < 1.29 is 43.0 Å². The molecule has 1 spiro atoms. The Kier molecular flexibility index (Phi) is 7.99. The molecule has 11 nitrogen and oxygen atoms in total. The van der Waals surface area contributed by atoms with Gasteiger partial charge >= 0.3 is 11.9 Å². The molecular weight excluding hydrogens is 617 g/mol. The summed E-state index contributed by atoms with van der Waals surface area (Å²) in [6, 6.07) is 5.37. The van der Waals surface area contributed by atoms with Gasteiger partial charge in [-0.05, 0) is 32.4 Å². The zero-order valence-corrected chi connectivity index (χ0v) is 26.3. The number of carbonyl (C=O) groups is 7. The number of imide groups is 1.